The van der Waals surface area contributed by atoms with Crippen LogP contribution in [0.2, 0.25) is 0 Å². The van der Waals surface area contributed by atoms with Gasteiger partial charge in [0.2, 0.25) is 0 Å². The molecule has 0 unspecified atom stereocenters. The van der Waals surface area contributed by atoms with Gasteiger partial charge in [0.05, 0.1) is 17.2 Å². The molecule has 2 N–H and O–H groups in total. The van der Waals surface area contributed by atoms with Gasteiger partial charge < -0.3 is 5.73 Å². The molecule has 1 aromatic carbocycles. The Labute approximate surface area is 116 Å². The van der Waals surface area contributed by atoms with Crippen LogP contribution in [0.4, 0.5) is 0 Å². The summed E-state index contributed by atoms with van der Waals surface area (Å²) in [5.41, 5.74) is 5.91. The number of nitrogens with zero attached hydrogens (tertiary/aromatic N) is 3. The third-order valence-electron chi connectivity index (χ3n) is 2.95. The van der Waals surface area contributed by atoms with Crippen molar-refractivity contribution in [2.45, 2.75) is 18.0 Å². The summed E-state index contributed by atoms with van der Waals surface area (Å²) in [4.78, 5) is 11.8. The quantitative estimate of drug-likeness (QED) is 0.803. The summed E-state index contributed by atoms with van der Waals surface area (Å²) in [6, 6.07) is 6.50. The van der Waals surface area contributed by atoms with Gasteiger partial charge >= 0.3 is 5.69 Å². The van der Waals surface area contributed by atoms with Crippen molar-refractivity contribution in [2.75, 3.05) is 5.75 Å². The topological polar surface area (TPSA) is 100.0 Å². The summed E-state index contributed by atoms with van der Waals surface area (Å²) in [6.45, 7) is 0.303. The van der Waals surface area contributed by atoms with Crippen LogP contribution >= 0.6 is 0 Å². The van der Waals surface area contributed by atoms with Gasteiger partial charge in [-0.25, -0.2) is 17.9 Å². The molecule has 7 nitrogen and oxygen atoms in total. The fourth-order valence-corrected chi connectivity index (χ4v) is 3.03. The highest BCUT2D eigenvalue weighted by atomic mass is 32.2. The lowest BCUT2D eigenvalue weighted by atomic mass is 10.2. The number of sulfone groups is 1. The Kier molecular flexibility index (Phi) is 4.05. The smallest absolute Gasteiger partial charge is 0.326 e. The Hall–Kier alpha value is -1.93. The minimum Gasteiger partial charge on any atom is -0.326 e. The Balaban J connectivity index is 2.19. The molecule has 0 saturated heterocycles. The number of aromatic nitrogens is 3. The first kappa shape index (κ1) is 14.5. The molecule has 0 fully saturated rings. The summed E-state index contributed by atoms with van der Waals surface area (Å²) in [5, 5.41) is 3.83. The Bertz CT molecular complexity index is 761. The molecule has 0 spiro atoms. The van der Waals surface area contributed by atoms with Gasteiger partial charge in [0.25, 0.3) is 0 Å². The highest BCUT2D eigenvalue weighted by Crippen LogP contribution is 2.13. The first-order valence-corrected chi connectivity index (χ1v) is 7.69. The summed E-state index contributed by atoms with van der Waals surface area (Å²) >= 11 is 0. The molecule has 1 heterocycles. The lowest BCUT2D eigenvalue weighted by Gasteiger charge is -2.05. The van der Waals surface area contributed by atoms with Crippen molar-refractivity contribution < 1.29 is 8.42 Å². The number of hydrogen-bond donors (Lipinski definition) is 1. The number of benzene rings is 1. The zero-order valence-corrected chi connectivity index (χ0v) is 11.9. The van der Waals surface area contributed by atoms with Crippen molar-refractivity contribution in [2.24, 2.45) is 12.8 Å². The van der Waals surface area contributed by atoms with Crippen LogP contribution in [-0.2, 0) is 30.0 Å². The molecular weight excluding hydrogens is 280 g/mol. The standard InChI is InChI=1S/C12H16N4O3S/c1-15-9-14-16(12(15)17)5-6-20(18,19)11-4-2-3-10(7-11)8-13/h2-4,7,9H,5-6,8,13H2,1H3. The fourth-order valence-electron chi connectivity index (χ4n) is 1.76. The molecule has 0 saturated carbocycles. The van der Waals surface area contributed by atoms with Crippen molar-refractivity contribution in [1.29, 1.82) is 0 Å². The maximum atomic E-state index is 12.2. The Morgan fingerprint density at radius 1 is 1.35 bits per heavy atom. The van der Waals surface area contributed by atoms with Crippen LogP contribution in [0.1, 0.15) is 5.56 Å². The van der Waals surface area contributed by atoms with E-state index in [9.17, 15) is 13.2 Å². The third-order valence-corrected chi connectivity index (χ3v) is 4.64. The zero-order chi connectivity index (χ0) is 14.8. The van der Waals surface area contributed by atoms with E-state index < -0.39 is 9.84 Å². The van der Waals surface area contributed by atoms with Crippen molar-refractivity contribution in [3.8, 4) is 0 Å². The summed E-state index contributed by atoms with van der Waals surface area (Å²) in [6.07, 6.45) is 1.35. The predicted octanol–water partition coefficient (Wildman–Crippen LogP) is -0.486. The monoisotopic (exact) mass is 296 g/mol. The first-order chi connectivity index (χ1) is 9.44. The first-order valence-electron chi connectivity index (χ1n) is 6.04. The molecule has 0 aliphatic rings. The van der Waals surface area contributed by atoms with E-state index in [1.54, 1.807) is 25.2 Å². The number of aryl methyl sites for hydroxylation is 2. The van der Waals surface area contributed by atoms with Crippen LogP contribution < -0.4 is 11.4 Å². The van der Waals surface area contributed by atoms with Crippen LogP contribution in [0, 0.1) is 0 Å². The van der Waals surface area contributed by atoms with Crippen LogP contribution in [0.25, 0.3) is 0 Å². The maximum absolute atomic E-state index is 12.2. The molecule has 20 heavy (non-hydrogen) atoms. The van der Waals surface area contributed by atoms with Crippen LogP contribution in [0.5, 0.6) is 0 Å². The summed E-state index contributed by atoms with van der Waals surface area (Å²) < 4.78 is 26.8. The second-order valence-corrected chi connectivity index (χ2v) is 6.53. The van der Waals surface area contributed by atoms with E-state index >= 15 is 0 Å². The number of nitrogens with two attached hydrogens (primary N) is 1. The normalized spacial score (nSPS) is 11.7. The molecule has 0 aliphatic carbocycles. The van der Waals surface area contributed by atoms with Crippen LogP contribution in [0.15, 0.2) is 40.3 Å². The summed E-state index contributed by atoms with van der Waals surface area (Å²) in [5.74, 6) is -0.183. The van der Waals surface area contributed by atoms with Gasteiger partial charge in [-0.3, -0.25) is 4.57 Å². The molecule has 0 bridgehead atoms. The van der Waals surface area contributed by atoms with E-state index in [2.05, 4.69) is 5.10 Å². The molecule has 108 valence electrons. The molecular formula is C12H16N4O3S. The SMILES string of the molecule is Cn1cnn(CCS(=O)(=O)c2cccc(CN)c2)c1=O. The second-order valence-electron chi connectivity index (χ2n) is 4.42. The predicted molar refractivity (Wildman–Crippen MR) is 73.9 cm³/mol. The van der Waals surface area contributed by atoms with Gasteiger partial charge in [0.1, 0.15) is 6.33 Å². The van der Waals surface area contributed by atoms with Gasteiger partial charge in [0.15, 0.2) is 9.84 Å². The molecule has 0 amide bonds. The average Bonchev–Trinajstić information content (AvgIpc) is 2.77. The van der Waals surface area contributed by atoms with Gasteiger partial charge in [-0.2, -0.15) is 5.10 Å². The molecule has 0 atom stereocenters. The molecule has 2 rings (SSSR count). The van der Waals surface area contributed by atoms with E-state index in [0.29, 0.717) is 0 Å². The molecule has 2 aromatic rings. The van der Waals surface area contributed by atoms with E-state index in [0.717, 1.165) is 10.2 Å². The lowest BCUT2D eigenvalue weighted by molar-refractivity contribution is 0.573. The Morgan fingerprint density at radius 3 is 2.70 bits per heavy atom. The van der Waals surface area contributed by atoms with Gasteiger partial charge in [0, 0.05) is 13.6 Å². The minimum atomic E-state index is -3.46. The largest absolute Gasteiger partial charge is 0.345 e. The second kappa shape index (κ2) is 5.59. The lowest BCUT2D eigenvalue weighted by Crippen LogP contribution is -2.26. The third kappa shape index (κ3) is 2.97. The van der Waals surface area contributed by atoms with Gasteiger partial charge in [-0.15, -0.1) is 0 Å². The van der Waals surface area contributed by atoms with E-state index in [-0.39, 0.29) is 29.4 Å². The van der Waals surface area contributed by atoms with Crippen molar-refractivity contribution in [3.05, 3.63) is 46.6 Å². The minimum absolute atomic E-state index is 0.0227. The van der Waals surface area contributed by atoms with E-state index in [4.69, 9.17) is 5.73 Å². The maximum Gasteiger partial charge on any atom is 0.345 e. The van der Waals surface area contributed by atoms with Gasteiger partial charge in [-0.1, -0.05) is 12.1 Å². The van der Waals surface area contributed by atoms with E-state index in [1.807, 2.05) is 0 Å². The van der Waals surface area contributed by atoms with E-state index in [1.165, 1.54) is 17.0 Å². The average molecular weight is 296 g/mol. The van der Waals surface area contributed by atoms with Crippen molar-refractivity contribution in [1.82, 2.24) is 14.3 Å². The van der Waals surface area contributed by atoms with Gasteiger partial charge in [-0.05, 0) is 17.7 Å². The Morgan fingerprint density at radius 2 is 2.10 bits per heavy atom. The highest BCUT2D eigenvalue weighted by Gasteiger charge is 2.16. The van der Waals surface area contributed by atoms with Crippen LogP contribution in [0.3, 0.4) is 0 Å². The summed E-state index contributed by atoms with van der Waals surface area (Å²) in [7, 11) is -1.90. The molecule has 0 aliphatic heterocycles. The molecule has 8 heteroatoms. The zero-order valence-electron chi connectivity index (χ0n) is 11.1. The highest BCUT2D eigenvalue weighted by molar-refractivity contribution is 7.91. The molecule has 0 radical (unpaired) electrons. The van der Waals surface area contributed by atoms with Crippen molar-refractivity contribution in [3.63, 3.8) is 0 Å². The van der Waals surface area contributed by atoms with Crippen molar-refractivity contribution >= 4 is 9.84 Å². The van der Waals surface area contributed by atoms with Crippen LogP contribution in [-0.4, -0.2) is 28.5 Å². The fraction of sp³-hybridized carbons (Fsp3) is 0.333. The number of rotatable bonds is 5. The number of hydrogen-bond acceptors (Lipinski definition) is 5. The molecule has 1 aromatic heterocycles.